The maximum Gasteiger partial charge on any atom is 0.115 e. The van der Waals surface area contributed by atoms with Crippen molar-refractivity contribution in [3.05, 3.63) is 24.3 Å². The fourth-order valence-corrected chi connectivity index (χ4v) is 1.05. The molecule has 0 spiro atoms. The molecule has 0 unspecified atom stereocenters. The molecule has 1 rings (SSSR count). The van der Waals surface area contributed by atoms with Crippen LogP contribution in [0.5, 0.6) is 11.5 Å². The highest BCUT2D eigenvalue weighted by atomic mass is 16.5. The van der Waals surface area contributed by atoms with Crippen LogP contribution < -0.4 is 0 Å². The van der Waals surface area contributed by atoms with Crippen molar-refractivity contribution in [3.8, 4) is 11.5 Å². The third-order valence-electron chi connectivity index (χ3n) is 2.13. The summed E-state index contributed by atoms with van der Waals surface area (Å²) in [6, 6.07) is 5.70. The van der Waals surface area contributed by atoms with E-state index in [-0.39, 0.29) is 11.5 Å². The first-order valence-electron chi connectivity index (χ1n) is 6.26. The summed E-state index contributed by atoms with van der Waals surface area (Å²) < 4.78 is 5.31. The highest BCUT2D eigenvalue weighted by Crippen LogP contribution is 2.13. The van der Waals surface area contributed by atoms with E-state index in [1.807, 2.05) is 0 Å². The Kier molecular flexibility index (Phi) is 10.5. The van der Waals surface area contributed by atoms with Crippen LogP contribution in [0.1, 0.15) is 39.5 Å². The molecule has 17 heavy (non-hydrogen) atoms. The van der Waals surface area contributed by atoms with E-state index in [1.54, 1.807) is 0 Å². The molecule has 0 heterocycles. The molecular formula is C14H24O3. The maximum atomic E-state index is 8.65. The summed E-state index contributed by atoms with van der Waals surface area (Å²) in [5.74, 6) is 0.339. The average molecular weight is 240 g/mol. The predicted molar refractivity (Wildman–Crippen MR) is 70.4 cm³/mol. The van der Waals surface area contributed by atoms with Crippen LogP contribution in [0.4, 0.5) is 0 Å². The molecule has 0 fully saturated rings. The molecule has 1 aromatic carbocycles. The molecule has 0 atom stereocenters. The molecule has 0 aliphatic rings. The zero-order valence-corrected chi connectivity index (χ0v) is 10.9. The lowest BCUT2D eigenvalue weighted by Gasteiger charge is -1.99. The van der Waals surface area contributed by atoms with Gasteiger partial charge < -0.3 is 14.9 Å². The van der Waals surface area contributed by atoms with Gasteiger partial charge in [-0.1, -0.05) is 26.7 Å². The normalized spacial score (nSPS) is 9.53. The minimum atomic E-state index is 0.169. The third kappa shape index (κ3) is 11.1. The van der Waals surface area contributed by atoms with Crippen molar-refractivity contribution in [1.29, 1.82) is 0 Å². The molecule has 0 bridgehead atoms. The van der Waals surface area contributed by atoms with Crippen LogP contribution in [0.15, 0.2) is 24.3 Å². The first-order valence-corrected chi connectivity index (χ1v) is 6.26. The van der Waals surface area contributed by atoms with E-state index in [4.69, 9.17) is 14.9 Å². The van der Waals surface area contributed by atoms with Gasteiger partial charge in [-0.25, -0.2) is 0 Å². The molecule has 1 aromatic rings. The first-order chi connectivity index (χ1) is 8.20. The van der Waals surface area contributed by atoms with Gasteiger partial charge in [0.15, 0.2) is 0 Å². The number of benzene rings is 1. The number of hydrogen-bond donors (Lipinski definition) is 2. The number of phenols is 2. The van der Waals surface area contributed by atoms with Gasteiger partial charge in [0.2, 0.25) is 0 Å². The van der Waals surface area contributed by atoms with Gasteiger partial charge in [0.25, 0.3) is 0 Å². The van der Waals surface area contributed by atoms with Crippen molar-refractivity contribution >= 4 is 0 Å². The van der Waals surface area contributed by atoms with Crippen molar-refractivity contribution < 1.29 is 14.9 Å². The number of unbranched alkanes of at least 4 members (excludes halogenated alkanes) is 2. The Labute approximate surface area is 104 Å². The largest absolute Gasteiger partial charge is 0.508 e. The number of ether oxygens (including phenoxy) is 1. The number of aromatic hydroxyl groups is 2. The summed E-state index contributed by atoms with van der Waals surface area (Å²) in [6.07, 6.45) is 4.91. The molecule has 0 aromatic heterocycles. The Bertz CT molecular complexity index is 230. The number of hydrogen-bond acceptors (Lipinski definition) is 3. The predicted octanol–water partition coefficient (Wildman–Crippen LogP) is 3.70. The van der Waals surface area contributed by atoms with Crippen molar-refractivity contribution in [1.82, 2.24) is 0 Å². The average Bonchev–Trinajstić information content (AvgIpc) is 2.34. The molecule has 98 valence electrons. The summed E-state index contributed by atoms with van der Waals surface area (Å²) in [5, 5.41) is 17.3. The van der Waals surface area contributed by atoms with Gasteiger partial charge in [-0.15, -0.1) is 0 Å². The van der Waals surface area contributed by atoms with E-state index in [9.17, 15) is 0 Å². The van der Waals surface area contributed by atoms with Crippen LogP contribution >= 0.6 is 0 Å². The Balaban J connectivity index is 0.000000302. The van der Waals surface area contributed by atoms with Crippen LogP contribution in [0, 0.1) is 0 Å². The SMILES string of the molecule is CCCCOCCCC.Oc1ccc(O)cc1. The Morgan fingerprint density at radius 1 is 0.824 bits per heavy atom. The van der Waals surface area contributed by atoms with Gasteiger partial charge in [-0.05, 0) is 37.1 Å². The van der Waals surface area contributed by atoms with E-state index in [1.165, 1.54) is 49.9 Å². The Hall–Kier alpha value is -1.22. The topological polar surface area (TPSA) is 49.7 Å². The molecule has 0 saturated carbocycles. The van der Waals surface area contributed by atoms with Crippen molar-refractivity contribution in [2.24, 2.45) is 0 Å². The minimum absolute atomic E-state index is 0.169. The molecule has 0 radical (unpaired) electrons. The zero-order chi connectivity index (χ0) is 12.9. The monoisotopic (exact) mass is 240 g/mol. The van der Waals surface area contributed by atoms with E-state index < -0.39 is 0 Å². The third-order valence-corrected chi connectivity index (χ3v) is 2.13. The van der Waals surface area contributed by atoms with Gasteiger partial charge in [0.1, 0.15) is 11.5 Å². The zero-order valence-electron chi connectivity index (χ0n) is 10.9. The second-order valence-corrected chi connectivity index (χ2v) is 3.84. The quantitative estimate of drug-likeness (QED) is 0.589. The summed E-state index contributed by atoms with van der Waals surface area (Å²) in [7, 11) is 0. The lowest BCUT2D eigenvalue weighted by Crippen LogP contribution is -1.95. The van der Waals surface area contributed by atoms with Gasteiger partial charge >= 0.3 is 0 Å². The smallest absolute Gasteiger partial charge is 0.115 e. The second kappa shape index (κ2) is 11.3. The lowest BCUT2D eigenvalue weighted by molar-refractivity contribution is 0.128. The molecule has 0 saturated heterocycles. The van der Waals surface area contributed by atoms with E-state index in [2.05, 4.69) is 13.8 Å². The lowest BCUT2D eigenvalue weighted by atomic mass is 10.3. The van der Waals surface area contributed by atoms with Gasteiger partial charge in [0.05, 0.1) is 0 Å². The molecule has 0 aliphatic heterocycles. The summed E-state index contributed by atoms with van der Waals surface area (Å²) in [5.41, 5.74) is 0. The Morgan fingerprint density at radius 2 is 1.18 bits per heavy atom. The fraction of sp³-hybridized carbons (Fsp3) is 0.571. The van der Waals surface area contributed by atoms with Crippen molar-refractivity contribution in [2.75, 3.05) is 13.2 Å². The fourth-order valence-electron chi connectivity index (χ4n) is 1.05. The van der Waals surface area contributed by atoms with Crippen LogP contribution in [0.3, 0.4) is 0 Å². The van der Waals surface area contributed by atoms with Gasteiger partial charge in [0, 0.05) is 13.2 Å². The molecule has 2 N–H and O–H groups in total. The maximum absolute atomic E-state index is 8.65. The number of phenolic OH excluding ortho intramolecular Hbond substituents is 2. The first kappa shape index (κ1) is 15.8. The molecule has 3 heteroatoms. The van der Waals surface area contributed by atoms with Gasteiger partial charge in [-0.3, -0.25) is 0 Å². The van der Waals surface area contributed by atoms with Crippen molar-refractivity contribution in [3.63, 3.8) is 0 Å². The highest BCUT2D eigenvalue weighted by molar-refractivity contribution is 5.28. The van der Waals surface area contributed by atoms with Crippen LogP contribution in [0.2, 0.25) is 0 Å². The summed E-state index contributed by atoms with van der Waals surface area (Å²) >= 11 is 0. The minimum Gasteiger partial charge on any atom is -0.508 e. The molecule has 3 nitrogen and oxygen atoms in total. The Morgan fingerprint density at radius 3 is 1.47 bits per heavy atom. The van der Waals surface area contributed by atoms with E-state index in [0.717, 1.165) is 13.2 Å². The van der Waals surface area contributed by atoms with Crippen LogP contribution in [-0.4, -0.2) is 23.4 Å². The number of rotatable bonds is 6. The summed E-state index contributed by atoms with van der Waals surface area (Å²) in [6.45, 7) is 6.28. The van der Waals surface area contributed by atoms with Gasteiger partial charge in [-0.2, -0.15) is 0 Å². The molecular weight excluding hydrogens is 216 g/mol. The highest BCUT2D eigenvalue weighted by Gasteiger charge is 1.85. The van der Waals surface area contributed by atoms with E-state index in [0.29, 0.717) is 0 Å². The standard InChI is InChI=1S/C8H18O.C6H6O2/c1-3-5-7-9-8-6-4-2;7-5-1-2-6(8)4-3-5/h3-8H2,1-2H3;1-4,7-8H. The van der Waals surface area contributed by atoms with Crippen molar-refractivity contribution in [2.45, 2.75) is 39.5 Å². The van der Waals surface area contributed by atoms with Crippen LogP contribution in [0.25, 0.3) is 0 Å². The van der Waals surface area contributed by atoms with E-state index >= 15 is 0 Å². The molecule has 0 amide bonds. The molecule has 0 aliphatic carbocycles. The summed E-state index contributed by atoms with van der Waals surface area (Å²) in [4.78, 5) is 0. The second-order valence-electron chi connectivity index (χ2n) is 3.84. The van der Waals surface area contributed by atoms with Crippen LogP contribution in [-0.2, 0) is 4.74 Å².